The molecule has 1 atom stereocenters. The molecule has 2 aromatic rings. The minimum absolute atomic E-state index is 0.140. The average Bonchev–Trinajstić information content (AvgIpc) is 3.15. The number of aromatic nitrogens is 1. The Bertz CT molecular complexity index is 844. The van der Waals surface area contributed by atoms with Crippen LogP contribution in [0.1, 0.15) is 13.8 Å². The van der Waals surface area contributed by atoms with Crippen molar-refractivity contribution in [1.29, 1.82) is 0 Å². The van der Waals surface area contributed by atoms with E-state index in [0.29, 0.717) is 37.4 Å². The topological polar surface area (TPSA) is 80.8 Å². The minimum Gasteiger partial charge on any atom is -0.338 e. The van der Waals surface area contributed by atoms with Gasteiger partial charge in [0.05, 0.1) is 16.3 Å². The molecule has 29 heavy (non-hydrogen) atoms. The highest BCUT2D eigenvalue weighted by molar-refractivity contribution is 7.22. The minimum atomic E-state index is -0.158. The lowest BCUT2D eigenvalue weighted by molar-refractivity contribution is -0.136. The summed E-state index contributed by atoms with van der Waals surface area (Å²) in [5, 5.41) is 6.85. The molecule has 2 saturated heterocycles. The van der Waals surface area contributed by atoms with Crippen LogP contribution in [0.15, 0.2) is 24.3 Å². The van der Waals surface area contributed by atoms with Crippen molar-refractivity contribution in [3.63, 3.8) is 0 Å². The third kappa shape index (κ3) is 4.52. The first-order valence-electron chi connectivity index (χ1n) is 10.2. The number of fused-ring (bicyclic) bond motifs is 1. The average molecular weight is 417 g/mol. The first kappa shape index (κ1) is 20.1. The lowest BCUT2D eigenvalue weighted by atomic mass is 10.1. The summed E-state index contributed by atoms with van der Waals surface area (Å²) in [6.07, 6.45) is 0. The summed E-state index contributed by atoms with van der Waals surface area (Å²) in [6, 6.07) is 7.95. The van der Waals surface area contributed by atoms with Gasteiger partial charge in [-0.2, -0.15) is 0 Å². The molecule has 8 nitrogen and oxygen atoms in total. The third-order valence-corrected chi connectivity index (χ3v) is 6.57. The number of nitrogens with one attached hydrogen (secondary N) is 2. The summed E-state index contributed by atoms with van der Waals surface area (Å²) < 4.78 is 1.05. The molecule has 2 aliphatic heterocycles. The highest BCUT2D eigenvalue weighted by atomic mass is 32.1. The number of para-hydroxylation sites is 1. The maximum atomic E-state index is 12.9. The van der Waals surface area contributed by atoms with Crippen molar-refractivity contribution in [1.82, 2.24) is 25.0 Å². The fourth-order valence-corrected chi connectivity index (χ4v) is 4.71. The predicted molar refractivity (Wildman–Crippen MR) is 115 cm³/mol. The van der Waals surface area contributed by atoms with Crippen LogP contribution in [-0.2, 0) is 4.79 Å². The van der Waals surface area contributed by atoms with E-state index in [1.807, 2.05) is 29.2 Å². The molecule has 0 unspecified atom stereocenters. The van der Waals surface area contributed by atoms with E-state index in [4.69, 9.17) is 0 Å². The zero-order valence-corrected chi connectivity index (χ0v) is 17.7. The number of amides is 3. The van der Waals surface area contributed by atoms with E-state index in [-0.39, 0.29) is 18.0 Å². The molecule has 0 aliphatic carbocycles. The number of nitrogens with zero attached hydrogens (tertiary/aromatic N) is 4. The van der Waals surface area contributed by atoms with Gasteiger partial charge in [0.25, 0.3) is 0 Å². The number of hydrogen-bond donors (Lipinski definition) is 2. The molecule has 4 rings (SSSR count). The Labute approximate surface area is 174 Å². The maximum absolute atomic E-state index is 12.9. The van der Waals surface area contributed by atoms with Crippen LogP contribution in [0.4, 0.5) is 9.93 Å². The summed E-state index contributed by atoms with van der Waals surface area (Å²) in [7, 11) is 0. The lowest BCUT2D eigenvalue weighted by Gasteiger charge is -2.40. The SMILES string of the molecule is CC(C)N1CCN[C@@H](C(=O)N2CCN(C(=O)Nc3nc4ccccc4s3)CC2)C1. The third-order valence-electron chi connectivity index (χ3n) is 5.62. The van der Waals surface area contributed by atoms with Crippen molar-refractivity contribution in [2.24, 2.45) is 0 Å². The first-order chi connectivity index (χ1) is 14.0. The summed E-state index contributed by atoms with van der Waals surface area (Å²) >= 11 is 1.47. The summed E-state index contributed by atoms with van der Waals surface area (Å²) in [5.41, 5.74) is 0.888. The smallest absolute Gasteiger partial charge is 0.323 e. The number of piperazine rings is 2. The number of carbonyl (C=O) groups excluding carboxylic acids is 2. The standard InChI is InChI=1S/C20H28N6O2S/c1-14(2)26-8-7-21-16(13-26)18(27)24-9-11-25(12-10-24)20(28)23-19-22-15-5-3-4-6-17(15)29-19/h3-6,14,16,21H,7-13H2,1-2H3,(H,22,23,28)/t16-/m1/s1. The Kier molecular flexibility index (Phi) is 5.98. The largest absolute Gasteiger partial charge is 0.338 e. The molecular weight excluding hydrogens is 388 g/mol. The van der Waals surface area contributed by atoms with Crippen molar-refractivity contribution in [2.45, 2.75) is 25.9 Å². The maximum Gasteiger partial charge on any atom is 0.323 e. The Balaban J connectivity index is 1.29. The fourth-order valence-electron chi connectivity index (χ4n) is 3.85. The van der Waals surface area contributed by atoms with Crippen molar-refractivity contribution in [3.05, 3.63) is 24.3 Å². The summed E-state index contributed by atoms with van der Waals surface area (Å²) in [4.78, 5) is 35.9. The van der Waals surface area contributed by atoms with Gasteiger partial charge >= 0.3 is 6.03 Å². The number of carbonyl (C=O) groups is 2. The van der Waals surface area contributed by atoms with Gasteiger partial charge in [-0.15, -0.1) is 0 Å². The van der Waals surface area contributed by atoms with Crippen LogP contribution < -0.4 is 10.6 Å². The molecule has 2 fully saturated rings. The van der Waals surface area contributed by atoms with Gasteiger partial charge in [-0.25, -0.2) is 9.78 Å². The van der Waals surface area contributed by atoms with Crippen LogP contribution in [0.2, 0.25) is 0 Å². The monoisotopic (exact) mass is 416 g/mol. The van der Waals surface area contributed by atoms with Crippen LogP contribution in [-0.4, -0.2) is 89.5 Å². The number of hydrogen-bond acceptors (Lipinski definition) is 6. The second kappa shape index (κ2) is 8.64. The van der Waals surface area contributed by atoms with Gasteiger partial charge in [-0.05, 0) is 26.0 Å². The Morgan fingerprint density at radius 3 is 2.59 bits per heavy atom. The van der Waals surface area contributed by atoms with Gasteiger partial charge in [0.2, 0.25) is 5.91 Å². The molecule has 3 heterocycles. The van der Waals surface area contributed by atoms with E-state index in [1.54, 1.807) is 4.90 Å². The van der Waals surface area contributed by atoms with E-state index in [2.05, 4.69) is 34.4 Å². The van der Waals surface area contributed by atoms with Crippen molar-refractivity contribution in [3.8, 4) is 0 Å². The molecule has 2 N–H and O–H groups in total. The summed E-state index contributed by atoms with van der Waals surface area (Å²) in [6.45, 7) is 9.06. The predicted octanol–water partition coefficient (Wildman–Crippen LogP) is 1.65. The highest BCUT2D eigenvalue weighted by Crippen LogP contribution is 2.25. The Morgan fingerprint density at radius 2 is 1.86 bits per heavy atom. The summed E-state index contributed by atoms with van der Waals surface area (Å²) in [5.74, 6) is 0.140. The molecule has 156 valence electrons. The second-order valence-corrected chi connectivity index (χ2v) is 8.86. The number of urea groups is 1. The molecular formula is C20H28N6O2S. The second-order valence-electron chi connectivity index (χ2n) is 7.82. The fraction of sp³-hybridized carbons (Fsp3) is 0.550. The molecule has 0 spiro atoms. The quantitative estimate of drug-likeness (QED) is 0.795. The van der Waals surface area contributed by atoms with Crippen molar-refractivity contribution >= 4 is 38.6 Å². The zero-order valence-electron chi connectivity index (χ0n) is 16.9. The van der Waals surface area contributed by atoms with Crippen LogP contribution in [0.3, 0.4) is 0 Å². The highest BCUT2D eigenvalue weighted by Gasteiger charge is 2.32. The van der Waals surface area contributed by atoms with Gasteiger partial charge in [0.1, 0.15) is 0 Å². The molecule has 1 aromatic heterocycles. The number of anilines is 1. The zero-order chi connectivity index (χ0) is 20.4. The molecule has 1 aromatic carbocycles. The molecule has 2 aliphatic rings. The number of rotatable bonds is 3. The Hall–Kier alpha value is -2.23. The molecule has 0 bridgehead atoms. The first-order valence-corrected chi connectivity index (χ1v) is 11.0. The van der Waals surface area contributed by atoms with E-state index < -0.39 is 0 Å². The van der Waals surface area contributed by atoms with Gasteiger partial charge < -0.3 is 15.1 Å². The van der Waals surface area contributed by atoms with Gasteiger partial charge in [0, 0.05) is 51.9 Å². The van der Waals surface area contributed by atoms with Crippen LogP contribution in [0.25, 0.3) is 10.2 Å². The van der Waals surface area contributed by atoms with Gasteiger partial charge in [0.15, 0.2) is 5.13 Å². The lowest BCUT2D eigenvalue weighted by Crippen LogP contribution is -2.61. The van der Waals surface area contributed by atoms with E-state index in [9.17, 15) is 9.59 Å². The van der Waals surface area contributed by atoms with Crippen LogP contribution in [0, 0.1) is 0 Å². The van der Waals surface area contributed by atoms with Crippen molar-refractivity contribution < 1.29 is 9.59 Å². The van der Waals surface area contributed by atoms with E-state index in [1.165, 1.54) is 11.3 Å². The Morgan fingerprint density at radius 1 is 1.14 bits per heavy atom. The van der Waals surface area contributed by atoms with Gasteiger partial charge in [-0.3, -0.25) is 15.0 Å². The molecule has 0 radical (unpaired) electrons. The normalized spacial score (nSPS) is 21.0. The van der Waals surface area contributed by atoms with E-state index in [0.717, 1.165) is 29.9 Å². The van der Waals surface area contributed by atoms with Crippen molar-refractivity contribution in [2.75, 3.05) is 51.1 Å². The van der Waals surface area contributed by atoms with Crippen LogP contribution >= 0.6 is 11.3 Å². The molecule has 0 saturated carbocycles. The molecule has 3 amide bonds. The van der Waals surface area contributed by atoms with E-state index >= 15 is 0 Å². The van der Waals surface area contributed by atoms with Gasteiger partial charge in [-0.1, -0.05) is 23.5 Å². The van der Waals surface area contributed by atoms with Crippen LogP contribution in [0.5, 0.6) is 0 Å². The number of benzene rings is 1. The molecule has 9 heteroatoms. The number of thiazole rings is 1.